The van der Waals surface area contributed by atoms with Crippen LogP contribution >= 0.6 is 39.1 Å². The van der Waals surface area contributed by atoms with Gasteiger partial charge in [0.2, 0.25) is 5.95 Å². The van der Waals surface area contributed by atoms with Crippen molar-refractivity contribution in [3.05, 3.63) is 38.9 Å². The number of nitrogens with one attached hydrogen (secondary N) is 2. The topological polar surface area (TPSA) is 49.8 Å². The molecule has 0 unspecified atom stereocenters. The van der Waals surface area contributed by atoms with Crippen molar-refractivity contribution in [1.29, 1.82) is 0 Å². The van der Waals surface area contributed by atoms with Crippen LogP contribution in [0, 0.1) is 0 Å². The van der Waals surface area contributed by atoms with Gasteiger partial charge in [0.15, 0.2) is 0 Å². The van der Waals surface area contributed by atoms with Crippen molar-refractivity contribution in [3.8, 4) is 0 Å². The molecule has 0 fully saturated rings. The maximum Gasteiger partial charge on any atom is 0.224 e. The number of hydrogen-bond acceptors (Lipinski definition) is 4. The van der Waals surface area contributed by atoms with Gasteiger partial charge in [-0.3, -0.25) is 0 Å². The van der Waals surface area contributed by atoms with Gasteiger partial charge in [-0.05, 0) is 34.1 Å². The maximum atomic E-state index is 6.08. The molecular weight excluding hydrogens is 339 g/mol. The van der Waals surface area contributed by atoms with Crippen LogP contribution in [0.3, 0.4) is 0 Å². The molecule has 1 aromatic carbocycles. The summed E-state index contributed by atoms with van der Waals surface area (Å²) in [6.45, 7) is 0. The van der Waals surface area contributed by atoms with Crippen LogP contribution in [0.4, 0.5) is 17.5 Å². The van der Waals surface area contributed by atoms with E-state index in [0.717, 1.165) is 4.47 Å². The number of benzene rings is 1. The van der Waals surface area contributed by atoms with Crippen LogP contribution in [0.25, 0.3) is 0 Å². The molecule has 2 N–H and O–H groups in total. The van der Waals surface area contributed by atoms with Crippen LogP contribution in [0.1, 0.15) is 0 Å². The molecule has 0 radical (unpaired) electrons. The Labute approximate surface area is 123 Å². The second-order valence-electron chi connectivity index (χ2n) is 3.39. The minimum atomic E-state index is 0.513. The van der Waals surface area contributed by atoms with E-state index in [1.54, 1.807) is 31.4 Å². The molecule has 0 aliphatic rings. The van der Waals surface area contributed by atoms with Crippen LogP contribution in [0.2, 0.25) is 10.0 Å². The molecule has 18 heavy (non-hydrogen) atoms. The summed E-state index contributed by atoms with van der Waals surface area (Å²) in [6.07, 6.45) is 1.65. The minimum Gasteiger partial charge on any atom is -0.357 e. The number of nitrogens with zero attached hydrogens (tertiary/aromatic N) is 2. The Bertz CT molecular complexity index is 577. The first-order chi connectivity index (χ1) is 8.60. The number of halogens is 3. The largest absolute Gasteiger partial charge is 0.357 e. The Morgan fingerprint density at radius 3 is 2.78 bits per heavy atom. The highest BCUT2D eigenvalue weighted by molar-refractivity contribution is 9.10. The Hall–Kier alpha value is -1.04. The van der Waals surface area contributed by atoms with Crippen molar-refractivity contribution >= 4 is 56.6 Å². The van der Waals surface area contributed by atoms with Gasteiger partial charge in [0.05, 0.1) is 15.2 Å². The molecule has 0 aliphatic heterocycles. The van der Waals surface area contributed by atoms with Gasteiger partial charge in [0.1, 0.15) is 5.82 Å². The molecule has 7 heteroatoms. The zero-order valence-electron chi connectivity index (χ0n) is 9.34. The Morgan fingerprint density at radius 2 is 2.06 bits per heavy atom. The summed E-state index contributed by atoms with van der Waals surface area (Å²) in [7, 11) is 1.75. The molecule has 0 saturated carbocycles. The van der Waals surface area contributed by atoms with Crippen molar-refractivity contribution in [2.45, 2.75) is 0 Å². The third-order valence-corrected chi connectivity index (χ3v) is 3.29. The highest BCUT2D eigenvalue weighted by Crippen LogP contribution is 2.30. The van der Waals surface area contributed by atoms with Crippen molar-refractivity contribution in [2.24, 2.45) is 0 Å². The lowest BCUT2D eigenvalue weighted by Crippen LogP contribution is -2.01. The number of rotatable bonds is 3. The van der Waals surface area contributed by atoms with Gasteiger partial charge in [-0.1, -0.05) is 23.2 Å². The molecule has 0 bridgehead atoms. The van der Waals surface area contributed by atoms with E-state index in [9.17, 15) is 0 Å². The maximum absolute atomic E-state index is 6.08. The molecular formula is C11H9BrCl2N4. The van der Waals surface area contributed by atoms with Crippen molar-refractivity contribution in [1.82, 2.24) is 9.97 Å². The third kappa shape index (κ3) is 3.04. The summed E-state index contributed by atoms with van der Waals surface area (Å²) < 4.78 is 0.734. The van der Waals surface area contributed by atoms with Crippen LogP contribution in [-0.2, 0) is 0 Å². The fourth-order valence-corrected chi connectivity index (χ4v) is 1.92. The van der Waals surface area contributed by atoms with Gasteiger partial charge < -0.3 is 10.6 Å². The second kappa shape index (κ2) is 5.73. The van der Waals surface area contributed by atoms with Gasteiger partial charge in [-0.25, -0.2) is 4.98 Å². The van der Waals surface area contributed by atoms with E-state index in [4.69, 9.17) is 23.2 Å². The molecule has 4 nitrogen and oxygen atoms in total. The Kier molecular flexibility index (Phi) is 4.27. The Morgan fingerprint density at radius 1 is 1.28 bits per heavy atom. The van der Waals surface area contributed by atoms with Crippen molar-refractivity contribution < 1.29 is 0 Å². The fraction of sp³-hybridized carbons (Fsp3) is 0.0909. The van der Waals surface area contributed by atoms with E-state index in [1.807, 2.05) is 0 Å². The monoisotopic (exact) mass is 346 g/mol. The Balaban J connectivity index is 2.36. The summed E-state index contributed by atoms with van der Waals surface area (Å²) in [5, 5.41) is 7.13. The molecule has 0 saturated heterocycles. The van der Waals surface area contributed by atoms with E-state index < -0.39 is 0 Å². The molecule has 0 atom stereocenters. The van der Waals surface area contributed by atoms with Crippen LogP contribution in [0.15, 0.2) is 28.9 Å². The lowest BCUT2D eigenvalue weighted by atomic mass is 10.3. The van der Waals surface area contributed by atoms with Gasteiger partial charge >= 0.3 is 0 Å². The van der Waals surface area contributed by atoms with E-state index in [0.29, 0.717) is 27.5 Å². The molecule has 0 amide bonds. The lowest BCUT2D eigenvalue weighted by molar-refractivity contribution is 1.14. The smallest absolute Gasteiger partial charge is 0.224 e. The first-order valence-electron chi connectivity index (χ1n) is 5.02. The van der Waals surface area contributed by atoms with E-state index in [-0.39, 0.29) is 0 Å². The summed E-state index contributed by atoms with van der Waals surface area (Å²) in [4.78, 5) is 8.35. The summed E-state index contributed by atoms with van der Waals surface area (Å²) >= 11 is 15.4. The molecule has 1 heterocycles. The molecule has 2 rings (SSSR count). The predicted molar refractivity (Wildman–Crippen MR) is 79.0 cm³/mol. The average molecular weight is 348 g/mol. The third-order valence-electron chi connectivity index (χ3n) is 2.15. The van der Waals surface area contributed by atoms with Gasteiger partial charge in [-0.2, -0.15) is 4.98 Å². The predicted octanol–water partition coefficient (Wildman–Crippen LogP) is 4.33. The highest BCUT2D eigenvalue weighted by Gasteiger charge is 2.07. The van der Waals surface area contributed by atoms with Crippen LogP contribution < -0.4 is 10.6 Å². The molecule has 2 aromatic rings. The first kappa shape index (κ1) is 13.4. The summed E-state index contributed by atoms with van der Waals surface area (Å²) in [5.74, 6) is 1.12. The molecule has 0 aliphatic carbocycles. The van der Waals surface area contributed by atoms with Crippen molar-refractivity contribution in [2.75, 3.05) is 17.7 Å². The average Bonchev–Trinajstić information content (AvgIpc) is 2.36. The zero-order chi connectivity index (χ0) is 13.1. The molecule has 94 valence electrons. The quantitative estimate of drug-likeness (QED) is 0.867. The summed E-state index contributed by atoms with van der Waals surface area (Å²) in [6, 6.07) is 5.18. The normalized spacial score (nSPS) is 10.2. The SMILES string of the molecule is CNc1ncc(Br)c(Nc2cc(Cl)ccc2Cl)n1. The van der Waals surface area contributed by atoms with Crippen LogP contribution in [0.5, 0.6) is 0 Å². The first-order valence-corrected chi connectivity index (χ1v) is 6.57. The fourth-order valence-electron chi connectivity index (χ4n) is 1.30. The molecule has 1 aromatic heterocycles. The van der Waals surface area contributed by atoms with E-state index >= 15 is 0 Å². The van der Waals surface area contributed by atoms with Gasteiger partial charge in [0.25, 0.3) is 0 Å². The standard InChI is InChI=1S/C11H9BrCl2N4/c1-15-11-16-5-7(12)10(18-11)17-9-4-6(13)2-3-8(9)14/h2-5H,1H3,(H2,15,16,17,18). The number of hydrogen-bond donors (Lipinski definition) is 2. The van der Waals surface area contributed by atoms with E-state index in [1.165, 1.54) is 0 Å². The van der Waals surface area contributed by atoms with E-state index in [2.05, 4.69) is 36.5 Å². The molecule has 0 spiro atoms. The lowest BCUT2D eigenvalue weighted by Gasteiger charge is -2.10. The number of aromatic nitrogens is 2. The van der Waals surface area contributed by atoms with Crippen molar-refractivity contribution in [3.63, 3.8) is 0 Å². The minimum absolute atomic E-state index is 0.513. The number of anilines is 3. The zero-order valence-corrected chi connectivity index (χ0v) is 12.4. The van der Waals surface area contributed by atoms with Gasteiger partial charge in [-0.15, -0.1) is 0 Å². The second-order valence-corrected chi connectivity index (χ2v) is 5.09. The highest BCUT2D eigenvalue weighted by atomic mass is 79.9. The summed E-state index contributed by atoms with van der Waals surface area (Å²) in [5.41, 5.74) is 0.686. The van der Waals surface area contributed by atoms with Gasteiger partial charge in [0, 0.05) is 18.3 Å². The van der Waals surface area contributed by atoms with Crippen LogP contribution in [-0.4, -0.2) is 17.0 Å².